The van der Waals surface area contributed by atoms with Gasteiger partial charge in [-0.3, -0.25) is 9.59 Å². The highest BCUT2D eigenvalue weighted by atomic mass is 16.5. The number of rotatable bonds is 9. The van der Waals surface area contributed by atoms with Gasteiger partial charge in [0.2, 0.25) is 5.91 Å². The van der Waals surface area contributed by atoms with Crippen LogP contribution in [0.4, 0.5) is 4.79 Å². The molecule has 0 spiro atoms. The summed E-state index contributed by atoms with van der Waals surface area (Å²) in [5, 5.41) is 14.1. The van der Waals surface area contributed by atoms with E-state index in [2.05, 4.69) is 15.4 Å². The highest BCUT2D eigenvalue weighted by molar-refractivity contribution is 5.91. The SMILES string of the molecule is COC(=O)C[C@@H](NC(=O)[C@@H](NC(=O)OCC1c2ccccc2-c2ccccc21)C(C)C)C(=O)O. The summed E-state index contributed by atoms with van der Waals surface area (Å²) in [6, 6.07) is 13.3. The lowest BCUT2D eigenvalue weighted by Gasteiger charge is -2.24. The minimum Gasteiger partial charge on any atom is -0.480 e. The molecule has 180 valence electrons. The third-order valence-electron chi connectivity index (χ3n) is 5.78. The lowest BCUT2D eigenvalue weighted by molar-refractivity contribution is -0.149. The van der Waals surface area contributed by atoms with Gasteiger partial charge in [0.25, 0.3) is 0 Å². The van der Waals surface area contributed by atoms with Gasteiger partial charge in [0.15, 0.2) is 0 Å². The normalized spacial score (nSPS) is 13.9. The molecule has 0 aromatic heterocycles. The van der Waals surface area contributed by atoms with E-state index in [1.54, 1.807) is 13.8 Å². The Balaban J connectivity index is 1.65. The Labute approximate surface area is 197 Å². The highest BCUT2D eigenvalue weighted by Gasteiger charge is 2.32. The Morgan fingerprint density at radius 3 is 2.00 bits per heavy atom. The molecule has 0 radical (unpaired) electrons. The second-order valence-electron chi connectivity index (χ2n) is 8.37. The second kappa shape index (κ2) is 10.8. The van der Waals surface area contributed by atoms with Gasteiger partial charge in [-0.1, -0.05) is 62.4 Å². The lowest BCUT2D eigenvalue weighted by Crippen LogP contribution is -2.54. The van der Waals surface area contributed by atoms with Gasteiger partial charge >= 0.3 is 18.0 Å². The van der Waals surface area contributed by atoms with Crippen LogP contribution in [-0.4, -0.2) is 54.8 Å². The molecule has 9 heteroatoms. The number of hydrogen-bond donors (Lipinski definition) is 3. The van der Waals surface area contributed by atoms with Gasteiger partial charge in [0.05, 0.1) is 13.5 Å². The van der Waals surface area contributed by atoms with Gasteiger partial charge in [-0.05, 0) is 28.2 Å². The van der Waals surface area contributed by atoms with Crippen molar-refractivity contribution in [1.82, 2.24) is 10.6 Å². The summed E-state index contributed by atoms with van der Waals surface area (Å²) in [5.74, 6) is -3.41. The van der Waals surface area contributed by atoms with E-state index in [0.717, 1.165) is 29.4 Å². The smallest absolute Gasteiger partial charge is 0.407 e. The molecule has 0 unspecified atom stereocenters. The maximum absolute atomic E-state index is 12.7. The van der Waals surface area contributed by atoms with Crippen LogP contribution in [-0.2, 0) is 23.9 Å². The predicted molar refractivity (Wildman–Crippen MR) is 123 cm³/mol. The molecule has 3 N–H and O–H groups in total. The maximum atomic E-state index is 12.7. The largest absolute Gasteiger partial charge is 0.480 e. The number of nitrogens with one attached hydrogen (secondary N) is 2. The van der Waals surface area contributed by atoms with E-state index >= 15 is 0 Å². The monoisotopic (exact) mass is 468 g/mol. The topological polar surface area (TPSA) is 131 Å². The van der Waals surface area contributed by atoms with E-state index < -0.39 is 42.4 Å². The van der Waals surface area contributed by atoms with Gasteiger partial charge in [-0.25, -0.2) is 9.59 Å². The van der Waals surface area contributed by atoms with Crippen LogP contribution < -0.4 is 10.6 Å². The van der Waals surface area contributed by atoms with Crippen LogP contribution >= 0.6 is 0 Å². The number of esters is 1. The highest BCUT2D eigenvalue weighted by Crippen LogP contribution is 2.44. The number of carbonyl (C=O) groups excluding carboxylic acids is 3. The van der Waals surface area contributed by atoms with E-state index in [4.69, 9.17) is 4.74 Å². The van der Waals surface area contributed by atoms with Crippen molar-refractivity contribution in [3.8, 4) is 11.1 Å². The van der Waals surface area contributed by atoms with Crippen molar-refractivity contribution in [2.24, 2.45) is 5.92 Å². The fourth-order valence-corrected chi connectivity index (χ4v) is 4.01. The molecule has 2 amide bonds. The van der Waals surface area contributed by atoms with Crippen LogP contribution in [0.3, 0.4) is 0 Å². The molecule has 2 aromatic carbocycles. The standard InChI is InChI=1S/C25H28N2O7/c1-14(2)22(23(29)26-20(24(30)31)12-21(28)33-3)27-25(32)34-13-19-17-10-6-4-8-15(17)16-9-5-7-11-18(16)19/h4-11,14,19-20,22H,12-13H2,1-3H3,(H,26,29)(H,27,32)(H,30,31)/t20-,22+/m1/s1. The minimum atomic E-state index is -1.48. The Morgan fingerprint density at radius 2 is 1.50 bits per heavy atom. The number of hydrogen-bond acceptors (Lipinski definition) is 6. The number of ether oxygens (including phenoxy) is 2. The molecular formula is C25H28N2O7. The zero-order valence-corrected chi connectivity index (χ0v) is 19.2. The molecule has 0 saturated heterocycles. The number of amides is 2. The molecule has 34 heavy (non-hydrogen) atoms. The van der Waals surface area contributed by atoms with E-state index in [9.17, 15) is 24.3 Å². The van der Waals surface area contributed by atoms with E-state index in [-0.39, 0.29) is 18.4 Å². The van der Waals surface area contributed by atoms with Gasteiger partial charge in [0.1, 0.15) is 18.7 Å². The summed E-state index contributed by atoms with van der Waals surface area (Å²) in [6.07, 6.45) is -1.33. The average Bonchev–Trinajstić information content (AvgIpc) is 3.14. The Kier molecular flexibility index (Phi) is 7.88. The third-order valence-corrected chi connectivity index (χ3v) is 5.78. The van der Waals surface area contributed by atoms with Crippen LogP contribution in [0.25, 0.3) is 11.1 Å². The third kappa shape index (κ3) is 5.54. The van der Waals surface area contributed by atoms with E-state index in [1.165, 1.54) is 0 Å². The molecule has 0 bridgehead atoms. The summed E-state index contributed by atoms with van der Waals surface area (Å²) in [4.78, 5) is 48.1. The maximum Gasteiger partial charge on any atom is 0.407 e. The number of carboxylic acids is 1. The second-order valence-corrected chi connectivity index (χ2v) is 8.37. The summed E-state index contributed by atoms with van der Waals surface area (Å²) >= 11 is 0. The molecule has 0 fully saturated rings. The number of methoxy groups -OCH3 is 1. The van der Waals surface area contributed by atoms with Crippen molar-refractivity contribution in [3.63, 3.8) is 0 Å². The van der Waals surface area contributed by atoms with Crippen molar-refractivity contribution < 1.29 is 33.8 Å². The first kappa shape index (κ1) is 24.8. The molecule has 9 nitrogen and oxygen atoms in total. The fraction of sp³-hybridized carbons (Fsp3) is 0.360. The van der Waals surface area contributed by atoms with Crippen LogP contribution in [0, 0.1) is 5.92 Å². The predicted octanol–water partition coefficient (Wildman–Crippen LogP) is 2.68. The molecule has 1 aliphatic carbocycles. The van der Waals surface area contributed by atoms with Crippen molar-refractivity contribution in [2.45, 2.75) is 38.3 Å². The van der Waals surface area contributed by atoms with Crippen molar-refractivity contribution in [1.29, 1.82) is 0 Å². The molecular weight excluding hydrogens is 440 g/mol. The number of alkyl carbamates (subject to hydrolysis) is 1. The molecule has 2 aromatic rings. The first-order valence-corrected chi connectivity index (χ1v) is 10.9. The molecule has 2 atom stereocenters. The number of aliphatic carboxylic acids is 1. The van der Waals surface area contributed by atoms with Crippen LogP contribution in [0.5, 0.6) is 0 Å². The first-order chi connectivity index (χ1) is 16.2. The molecule has 1 aliphatic rings. The number of fused-ring (bicyclic) bond motifs is 3. The number of carbonyl (C=O) groups is 4. The summed E-state index contributed by atoms with van der Waals surface area (Å²) < 4.78 is 9.96. The zero-order valence-electron chi connectivity index (χ0n) is 19.2. The molecule has 0 aliphatic heterocycles. The molecule has 0 heterocycles. The van der Waals surface area contributed by atoms with Gasteiger partial charge in [-0.15, -0.1) is 0 Å². The summed E-state index contributed by atoms with van der Waals surface area (Å²) in [5.41, 5.74) is 4.30. The zero-order chi connectivity index (χ0) is 24.8. The molecule has 3 rings (SSSR count). The lowest BCUT2D eigenvalue weighted by atomic mass is 9.98. The van der Waals surface area contributed by atoms with Crippen LogP contribution in [0.15, 0.2) is 48.5 Å². The Bertz CT molecular complexity index is 1040. The van der Waals surface area contributed by atoms with Crippen LogP contribution in [0.1, 0.15) is 37.3 Å². The summed E-state index contributed by atoms with van der Waals surface area (Å²) in [7, 11) is 1.12. The number of benzene rings is 2. The first-order valence-electron chi connectivity index (χ1n) is 10.9. The molecule has 0 saturated carbocycles. The van der Waals surface area contributed by atoms with E-state index in [0.29, 0.717) is 0 Å². The van der Waals surface area contributed by atoms with Crippen molar-refractivity contribution >= 4 is 23.9 Å². The van der Waals surface area contributed by atoms with Gasteiger partial charge < -0.3 is 25.2 Å². The fourth-order valence-electron chi connectivity index (χ4n) is 4.01. The van der Waals surface area contributed by atoms with E-state index in [1.807, 2.05) is 48.5 Å². The van der Waals surface area contributed by atoms with Gasteiger partial charge in [0, 0.05) is 5.92 Å². The Hall–Kier alpha value is -3.88. The Morgan fingerprint density at radius 1 is 0.941 bits per heavy atom. The van der Waals surface area contributed by atoms with Crippen molar-refractivity contribution in [3.05, 3.63) is 59.7 Å². The van der Waals surface area contributed by atoms with Crippen LogP contribution in [0.2, 0.25) is 0 Å². The minimum absolute atomic E-state index is 0.0758. The quantitative estimate of drug-likeness (QED) is 0.482. The van der Waals surface area contributed by atoms with Crippen molar-refractivity contribution in [2.75, 3.05) is 13.7 Å². The average molecular weight is 469 g/mol. The van der Waals surface area contributed by atoms with Gasteiger partial charge in [-0.2, -0.15) is 0 Å². The summed E-state index contributed by atoms with van der Waals surface area (Å²) in [6.45, 7) is 3.47. The number of carboxylic acid groups (broad SMARTS) is 1.